The quantitative estimate of drug-likeness (QED) is 0.676. The lowest BCUT2D eigenvalue weighted by Crippen LogP contribution is -2.40. The average Bonchev–Trinajstić information content (AvgIpc) is 2.81. The normalized spacial score (nSPS) is 16.9. The van der Waals surface area contributed by atoms with Gasteiger partial charge in [0.15, 0.2) is 0 Å². The summed E-state index contributed by atoms with van der Waals surface area (Å²) in [5.74, 6) is 0.644. The van der Waals surface area contributed by atoms with E-state index in [4.69, 9.17) is 4.84 Å². The van der Waals surface area contributed by atoms with Gasteiger partial charge < -0.3 is 10.3 Å². The molecule has 2 rings (SSSR count). The second-order valence-corrected chi connectivity index (χ2v) is 4.63. The number of imidazole rings is 1. The smallest absolute Gasteiger partial charge is 0.338 e. The van der Waals surface area contributed by atoms with Gasteiger partial charge in [-0.1, -0.05) is 13.3 Å². The molecule has 1 aromatic heterocycles. The van der Waals surface area contributed by atoms with Gasteiger partial charge in [-0.05, 0) is 25.2 Å². The number of carbonyl (C=O) groups excluding carboxylic acids is 1. The fourth-order valence-corrected chi connectivity index (χ4v) is 1.90. The van der Waals surface area contributed by atoms with Gasteiger partial charge in [0.05, 0.1) is 18.2 Å². The Morgan fingerprint density at radius 1 is 1.67 bits per heavy atom. The van der Waals surface area contributed by atoms with Gasteiger partial charge in [-0.25, -0.2) is 15.3 Å². The Morgan fingerprint density at radius 2 is 2.50 bits per heavy atom. The minimum atomic E-state index is -0.278. The number of nitrogens with one attached hydrogen (secondary N) is 3. The molecular weight excluding hydrogens is 232 g/mol. The lowest BCUT2D eigenvalue weighted by atomic mass is 9.85. The minimum Gasteiger partial charge on any atom is -0.346 e. The van der Waals surface area contributed by atoms with Crippen LogP contribution in [0.2, 0.25) is 0 Å². The summed E-state index contributed by atoms with van der Waals surface area (Å²) in [6, 6.07) is -0.278. The fraction of sp³-hybridized carbons (Fsp3) is 0.667. The standard InChI is InChI=1S/C12H20N4O2/c1-2-11(10-7-13-8-15-10)18-16-12(17)14-6-9-4-3-5-9/h7-9,11H,2-6H2,1H3,(H,13,15)(H2,14,16,17). The molecule has 0 spiro atoms. The topological polar surface area (TPSA) is 79.0 Å². The van der Waals surface area contributed by atoms with Crippen LogP contribution in [-0.2, 0) is 4.84 Å². The van der Waals surface area contributed by atoms with Crippen LogP contribution >= 0.6 is 0 Å². The van der Waals surface area contributed by atoms with Crippen molar-refractivity contribution in [1.82, 2.24) is 20.8 Å². The molecule has 0 saturated heterocycles. The van der Waals surface area contributed by atoms with E-state index in [0.717, 1.165) is 18.7 Å². The first-order chi connectivity index (χ1) is 8.79. The van der Waals surface area contributed by atoms with Crippen LogP contribution < -0.4 is 10.8 Å². The van der Waals surface area contributed by atoms with Crippen molar-refractivity contribution in [3.05, 3.63) is 18.2 Å². The summed E-state index contributed by atoms with van der Waals surface area (Å²) < 4.78 is 0. The van der Waals surface area contributed by atoms with Crippen molar-refractivity contribution in [3.8, 4) is 0 Å². The van der Waals surface area contributed by atoms with Gasteiger partial charge in [-0.15, -0.1) is 0 Å². The molecule has 6 nitrogen and oxygen atoms in total. The van der Waals surface area contributed by atoms with Crippen LogP contribution in [-0.4, -0.2) is 22.5 Å². The number of amides is 2. The number of aromatic amines is 1. The van der Waals surface area contributed by atoms with Crippen molar-refractivity contribution in [2.45, 2.75) is 38.7 Å². The van der Waals surface area contributed by atoms with Gasteiger partial charge >= 0.3 is 6.03 Å². The summed E-state index contributed by atoms with van der Waals surface area (Å²) in [5.41, 5.74) is 3.29. The van der Waals surface area contributed by atoms with Gasteiger partial charge in [0.1, 0.15) is 6.10 Å². The molecule has 1 aliphatic carbocycles. The summed E-state index contributed by atoms with van der Waals surface area (Å²) in [6.07, 6.45) is 7.56. The lowest BCUT2D eigenvalue weighted by Gasteiger charge is -2.25. The average molecular weight is 252 g/mol. The molecule has 6 heteroatoms. The number of urea groups is 1. The Kier molecular flexibility index (Phi) is 4.58. The molecule has 1 heterocycles. The van der Waals surface area contributed by atoms with E-state index in [1.165, 1.54) is 19.3 Å². The highest BCUT2D eigenvalue weighted by Crippen LogP contribution is 2.25. The molecule has 18 heavy (non-hydrogen) atoms. The van der Waals surface area contributed by atoms with Crippen molar-refractivity contribution in [3.63, 3.8) is 0 Å². The van der Waals surface area contributed by atoms with Crippen LogP contribution in [0.4, 0.5) is 4.79 Å². The molecular formula is C12H20N4O2. The summed E-state index contributed by atoms with van der Waals surface area (Å²) in [4.78, 5) is 23.8. The maximum Gasteiger partial charge on any atom is 0.338 e. The molecule has 0 bridgehead atoms. The number of H-pyrrole nitrogens is 1. The second-order valence-electron chi connectivity index (χ2n) is 4.63. The highest BCUT2D eigenvalue weighted by Gasteiger charge is 2.18. The van der Waals surface area contributed by atoms with Gasteiger partial charge in [0.2, 0.25) is 0 Å². The van der Waals surface area contributed by atoms with Crippen LogP contribution in [0.1, 0.15) is 44.4 Å². The molecule has 1 saturated carbocycles. The zero-order chi connectivity index (χ0) is 12.8. The zero-order valence-electron chi connectivity index (χ0n) is 10.6. The molecule has 100 valence electrons. The molecule has 0 aromatic carbocycles. The Hall–Kier alpha value is -1.56. The number of aromatic nitrogens is 2. The molecule has 0 radical (unpaired) electrons. The highest BCUT2D eigenvalue weighted by molar-refractivity contribution is 5.72. The predicted molar refractivity (Wildman–Crippen MR) is 66.6 cm³/mol. The predicted octanol–water partition coefficient (Wildman–Crippen LogP) is 1.89. The molecule has 1 aromatic rings. The van der Waals surface area contributed by atoms with Gasteiger partial charge in [0, 0.05) is 6.54 Å². The summed E-state index contributed by atoms with van der Waals surface area (Å²) in [6.45, 7) is 2.72. The third kappa shape index (κ3) is 3.46. The first kappa shape index (κ1) is 12.9. The number of rotatable bonds is 6. The molecule has 1 fully saturated rings. The largest absolute Gasteiger partial charge is 0.346 e. The van der Waals surface area contributed by atoms with Crippen LogP contribution in [0.15, 0.2) is 12.5 Å². The van der Waals surface area contributed by atoms with E-state index in [2.05, 4.69) is 20.8 Å². The van der Waals surface area contributed by atoms with E-state index in [-0.39, 0.29) is 12.1 Å². The number of hydroxylamine groups is 1. The number of nitrogens with zero attached hydrogens (tertiary/aromatic N) is 1. The number of hydrogen-bond acceptors (Lipinski definition) is 3. The first-order valence-corrected chi connectivity index (χ1v) is 6.47. The zero-order valence-corrected chi connectivity index (χ0v) is 10.6. The van der Waals surface area contributed by atoms with Crippen molar-refractivity contribution >= 4 is 6.03 Å². The van der Waals surface area contributed by atoms with Gasteiger partial charge in [-0.3, -0.25) is 4.84 Å². The third-order valence-electron chi connectivity index (χ3n) is 3.31. The lowest BCUT2D eigenvalue weighted by molar-refractivity contribution is -0.00991. The maximum absolute atomic E-state index is 11.5. The van der Waals surface area contributed by atoms with E-state index in [1.54, 1.807) is 12.5 Å². The number of carbonyl (C=O) groups is 1. The van der Waals surface area contributed by atoms with Crippen LogP contribution in [0.5, 0.6) is 0 Å². The Labute approximate surface area is 106 Å². The minimum absolute atomic E-state index is 0.193. The van der Waals surface area contributed by atoms with Gasteiger partial charge in [0.25, 0.3) is 0 Å². The van der Waals surface area contributed by atoms with Crippen molar-refractivity contribution in [2.24, 2.45) is 5.92 Å². The summed E-state index contributed by atoms with van der Waals surface area (Å²) >= 11 is 0. The summed E-state index contributed by atoms with van der Waals surface area (Å²) in [7, 11) is 0. The molecule has 3 N–H and O–H groups in total. The molecule has 1 atom stereocenters. The van der Waals surface area contributed by atoms with Crippen molar-refractivity contribution in [1.29, 1.82) is 0 Å². The highest BCUT2D eigenvalue weighted by atomic mass is 16.7. The molecule has 1 unspecified atom stereocenters. The van der Waals surface area contributed by atoms with E-state index in [9.17, 15) is 4.79 Å². The Bertz CT molecular complexity index is 362. The van der Waals surface area contributed by atoms with Crippen molar-refractivity contribution < 1.29 is 9.63 Å². The van der Waals surface area contributed by atoms with E-state index in [1.807, 2.05) is 6.92 Å². The second kappa shape index (κ2) is 6.39. The summed E-state index contributed by atoms with van der Waals surface area (Å²) in [5, 5.41) is 2.81. The monoisotopic (exact) mass is 252 g/mol. The van der Waals surface area contributed by atoms with E-state index in [0.29, 0.717) is 5.92 Å². The van der Waals surface area contributed by atoms with E-state index >= 15 is 0 Å². The maximum atomic E-state index is 11.5. The Balaban J connectivity index is 1.67. The van der Waals surface area contributed by atoms with E-state index < -0.39 is 0 Å². The Morgan fingerprint density at radius 3 is 3.06 bits per heavy atom. The molecule has 0 aliphatic heterocycles. The third-order valence-corrected chi connectivity index (χ3v) is 3.31. The van der Waals surface area contributed by atoms with Crippen molar-refractivity contribution in [2.75, 3.05) is 6.54 Å². The van der Waals surface area contributed by atoms with Crippen LogP contribution in [0.25, 0.3) is 0 Å². The molecule has 2 amide bonds. The SMILES string of the molecule is CCC(ONC(=O)NCC1CCC1)c1cnc[nH]1. The molecule has 1 aliphatic rings. The first-order valence-electron chi connectivity index (χ1n) is 6.47. The van der Waals surface area contributed by atoms with Crippen LogP contribution in [0.3, 0.4) is 0 Å². The fourth-order valence-electron chi connectivity index (χ4n) is 1.90. The van der Waals surface area contributed by atoms with Gasteiger partial charge in [-0.2, -0.15) is 0 Å². The number of hydrogen-bond donors (Lipinski definition) is 3. The van der Waals surface area contributed by atoms with Crippen LogP contribution in [0, 0.1) is 5.92 Å².